The van der Waals surface area contributed by atoms with Crippen molar-refractivity contribution in [2.45, 2.75) is 52.0 Å². The first kappa shape index (κ1) is 23.7. The Labute approximate surface area is 190 Å². The fourth-order valence-electron chi connectivity index (χ4n) is 3.96. The molecule has 0 aliphatic heterocycles. The van der Waals surface area contributed by atoms with Crippen LogP contribution in [0.25, 0.3) is 0 Å². The molecule has 2 N–H and O–H groups in total. The average Bonchev–Trinajstić information content (AvgIpc) is 2.69. The Morgan fingerprint density at radius 1 is 0.812 bits per heavy atom. The monoisotopic (exact) mass is 450 g/mol. The highest BCUT2D eigenvalue weighted by atomic mass is 32.2. The number of amides is 1. The molecule has 0 saturated heterocycles. The first-order valence-electron chi connectivity index (χ1n) is 10.6. The molecule has 0 spiro atoms. The molecular formula is C26H30N2O3S. The minimum atomic E-state index is -3.92. The second-order valence-electron chi connectivity index (χ2n) is 8.40. The lowest BCUT2D eigenvalue weighted by Crippen LogP contribution is -2.45. The number of carbonyl (C=O) groups is 1. The lowest BCUT2D eigenvalue weighted by Gasteiger charge is -2.21. The van der Waals surface area contributed by atoms with Crippen molar-refractivity contribution in [3.05, 3.63) is 94.0 Å². The maximum atomic E-state index is 13.4. The fraction of sp³-hybridized carbons (Fsp3) is 0.269. The van der Waals surface area contributed by atoms with Gasteiger partial charge in [0.15, 0.2) is 0 Å². The van der Waals surface area contributed by atoms with Crippen LogP contribution < -0.4 is 10.0 Å². The van der Waals surface area contributed by atoms with Crippen LogP contribution in [-0.4, -0.2) is 20.4 Å². The third kappa shape index (κ3) is 5.64. The quantitative estimate of drug-likeness (QED) is 0.545. The molecule has 0 fully saturated rings. The Morgan fingerprint density at radius 3 is 2.06 bits per heavy atom. The average molecular weight is 451 g/mol. The van der Waals surface area contributed by atoms with Gasteiger partial charge in [-0.3, -0.25) is 4.79 Å². The molecule has 1 amide bonds. The van der Waals surface area contributed by atoms with E-state index < -0.39 is 22.0 Å². The number of benzene rings is 3. The Bertz CT molecular complexity index is 1210. The fourth-order valence-corrected chi connectivity index (χ4v) is 5.61. The van der Waals surface area contributed by atoms with Gasteiger partial charge in [0.1, 0.15) is 6.04 Å². The molecule has 32 heavy (non-hydrogen) atoms. The van der Waals surface area contributed by atoms with E-state index in [0.29, 0.717) is 16.8 Å². The third-order valence-electron chi connectivity index (χ3n) is 5.42. The Morgan fingerprint density at radius 2 is 1.44 bits per heavy atom. The van der Waals surface area contributed by atoms with Crippen molar-refractivity contribution in [1.29, 1.82) is 0 Å². The molecule has 6 heteroatoms. The second kappa shape index (κ2) is 9.67. The highest BCUT2D eigenvalue weighted by Gasteiger charge is 2.28. The number of sulfonamides is 1. The van der Waals surface area contributed by atoms with Crippen LogP contribution in [0.2, 0.25) is 0 Å². The maximum absolute atomic E-state index is 13.4. The SMILES string of the molecule is Cc1cc(C)c(S(=O)(=O)N[C@H](Cc2ccccc2)C(=O)Nc2cc(C)ccc2C)c(C)c1. The van der Waals surface area contributed by atoms with E-state index in [2.05, 4.69) is 10.0 Å². The normalized spacial score (nSPS) is 12.4. The molecule has 0 saturated carbocycles. The van der Waals surface area contributed by atoms with Gasteiger partial charge in [-0.25, -0.2) is 8.42 Å². The van der Waals surface area contributed by atoms with Crippen LogP contribution in [0.15, 0.2) is 65.6 Å². The zero-order valence-corrected chi connectivity index (χ0v) is 20.0. The maximum Gasteiger partial charge on any atom is 0.242 e. The molecule has 0 aliphatic carbocycles. The summed E-state index contributed by atoms with van der Waals surface area (Å²) in [6, 6.07) is 17.9. The summed E-state index contributed by atoms with van der Waals surface area (Å²) in [7, 11) is -3.92. The van der Waals surface area contributed by atoms with Crippen molar-refractivity contribution in [3.63, 3.8) is 0 Å². The minimum Gasteiger partial charge on any atom is -0.324 e. The van der Waals surface area contributed by atoms with Gasteiger partial charge in [0.25, 0.3) is 0 Å². The van der Waals surface area contributed by atoms with Crippen molar-refractivity contribution >= 4 is 21.6 Å². The van der Waals surface area contributed by atoms with Gasteiger partial charge in [-0.05, 0) is 74.9 Å². The van der Waals surface area contributed by atoms with Gasteiger partial charge in [-0.1, -0.05) is 60.2 Å². The van der Waals surface area contributed by atoms with Gasteiger partial charge in [-0.2, -0.15) is 4.72 Å². The number of hydrogen-bond donors (Lipinski definition) is 2. The predicted molar refractivity (Wildman–Crippen MR) is 129 cm³/mol. The van der Waals surface area contributed by atoms with E-state index in [-0.39, 0.29) is 11.3 Å². The Kier molecular flexibility index (Phi) is 7.16. The first-order valence-corrected chi connectivity index (χ1v) is 12.1. The van der Waals surface area contributed by atoms with E-state index >= 15 is 0 Å². The number of hydrogen-bond acceptors (Lipinski definition) is 3. The smallest absolute Gasteiger partial charge is 0.242 e. The van der Waals surface area contributed by atoms with E-state index in [4.69, 9.17) is 0 Å². The largest absolute Gasteiger partial charge is 0.324 e. The van der Waals surface area contributed by atoms with Gasteiger partial charge in [0.05, 0.1) is 4.90 Å². The zero-order valence-electron chi connectivity index (χ0n) is 19.2. The van der Waals surface area contributed by atoms with Crippen LogP contribution in [0.4, 0.5) is 5.69 Å². The zero-order chi connectivity index (χ0) is 23.5. The molecule has 3 rings (SSSR count). The molecular weight excluding hydrogens is 420 g/mol. The lowest BCUT2D eigenvalue weighted by molar-refractivity contribution is -0.117. The van der Waals surface area contributed by atoms with Crippen LogP contribution in [-0.2, 0) is 21.2 Å². The highest BCUT2D eigenvalue weighted by Crippen LogP contribution is 2.23. The third-order valence-corrected chi connectivity index (χ3v) is 7.20. The summed E-state index contributed by atoms with van der Waals surface area (Å²) in [4.78, 5) is 13.5. The van der Waals surface area contributed by atoms with Gasteiger partial charge < -0.3 is 5.32 Å². The standard InChI is InChI=1S/C26H30N2O3S/c1-17-11-12-19(3)23(15-17)27-26(29)24(16-22-9-7-6-8-10-22)28-32(30,31)25-20(4)13-18(2)14-21(25)5/h6-15,24,28H,16H2,1-5H3,(H,27,29)/t24-/m1/s1. The van der Waals surface area contributed by atoms with Crippen LogP contribution >= 0.6 is 0 Å². The molecule has 1 atom stereocenters. The Hall–Kier alpha value is -2.96. The van der Waals surface area contributed by atoms with Crippen LogP contribution in [0.1, 0.15) is 33.4 Å². The van der Waals surface area contributed by atoms with Crippen LogP contribution in [0, 0.1) is 34.6 Å². The van der Waals surface area contributed by atoms with Crippen LogP contribution in [0.3, 0.4) is 0 Å². The molecule has 0 radical (unpaired) electrons. The van der Waals surface area contributed by atoms with Crippen molar-refractivity contribution in [1.82, 2.24) is 4.72 Å². The topological polar surface area (TPSA) is 75.3 Å². The van der Waals surface area contributed by atoms with Crippen molar-refractivity contribution in [3.8, 4) is 0 Å². The summed E-state index contributed by atoms with van der Waals surface area (Å²) in [5.74, 6) is -0.395. The number of rotatable bonds is 7. The van der Waals surface area contributed by atoms with Gasteiger partial charge in [-0.15, -0.1) is 0 Å². The van der Waals surface area contributed by atoms with E-state index in [1.165, 1.54) is 0 Å². The number of carbonyl (C=O) groups excluding carboxylic acids is 1. The summed E-state index contributed by atoms with van der Waals surface area (Å²) in [6.07, 6.45) is 0.237. The van der Waals surface area contributed by atoms with Crippen molar-refractivity contribution in [2.75, 3.05) is 5.32 Å². The molecule has 0 bridgehead atoms. The molecule has 168 valence electrons. The number of aryl methyl sites for hydroxylation is 5. The van der Waals surface area contributed by atoms with E-state index in [0.717, 1.165) is 22.3 Å². The lowest BCUT2D eigenvalue weighted by atomic mass is 10.1. The predicted octanol–water partition coefficient (Wildman–Crippen LogP) is 4.76. The van der Waals surface area contributed by atoms with Gasteiger partial charge in [0, 0.05) is 5.69 Å². The highest BCUT2D eigenvalue weighted by molar-refractivity contribution is 7.89. The van der Waals surface area contributed by atoms with Gasteiger partial charge in [0.2, 0.25) is 15.9 Å². The Balaban J connectivity index is 1.96. The summed E-state index contributed by atoms with van der Waals surface area (Å²) >= 11 is 0. The first-order chi connectivity index (χ1) is 15.1. The minimum absolute atomic E-state index is 0.223. The van der Waals surface area contributed by atoms with Crippen LogP contribution in [0.5, 0.6) is 0 Å². The molecule has 3 aromatic rings. The molecule has 3 aromatic carbocycles. The van der Waals surface area contributed by atoms with Crippen molar-refractivity contribution < 1.29 is 13.2 Å². The molecule has 0 aliphatic rings. The molecule has 0 heterocycles. The second-order valence-corrected chi connectivity index (χ2v) is 10.0. The number of anilines is 1. The molecule has 0 unspecified atom stereocenters. The summed E-state index contributed by atoms with van der Waals surface area (Å²) < 4.78 is 29.4. The van der Waals surface area contributed by atoms with E-state index in [1.54, 1.807) is 13.8 Å². The van der Waals surface area contributed by atoms with E-state index in [1.807, 2.05) is 81.4 Å². The summed E-state index contributed by atoms with van der Waals surface area (Å²) in [6.45, 7) is 9.33. The van der Waals surface area contributed by atoms with Gasteiger partial charge >= 0.3 is 0 Å². The molecule has 5 nitrogen and oxygen atoms in total. The molecule has 0 aromatic heterocycles. The van der Waals surface area contributed by atoms with E-state index in [9.17, 15) is 13.2 Å². The summed E-state index contributed by atoms with van der Waals surface area (Å²) in [5, 5.41) is 2.92. The van der Waals surface area contributed by atoms with Crippen molar-refractivity contribution in [2.24, 2.45) is 0 Å². The summed E-state index contributed by atoms with van der Waals surface area (Å²) in [5.41, 5.74) is 5.77. The number of nitrogens with one attached hydrogen (secondary N) is 2.